The van der Waals surface area contributed by atoms with Gasteiger partial charge >= 0.3 is 0 Å². The average molecular weight is 417 g/mol. The number of piperidine rings is 1. The summed E-state index contributed by atoms with van der Waals surface area (Å²) in [6, 6.07) is 19.6. The van der Waals surface area contributed by atoms with Crippen LogP contribution in [0.2, 0.25) is 0 Å². The van der Waals surface area contributed by atoms with E-state index >= 15 is 0 Å². The molecule has 0 aromatic heterocycles. The van der Waals surface area contributed by atoms with Crippen molar-refractivity contribution in [3.05, 3.63) is 77.4 Å². The second-order valence-electron chi connectivity index (χ2n) is 8.14. The first kappa shape index (κ1) is 20.9. The molecule has 0 spiro atoms. The largest absolute Gasteiger partial charge is 0.483 e. The number of hydrogen-bond acceptors (Lipinski definition) is 3. The Bertz CT molecular complexity index is 1100. The second kappa shape index (κ2) is 9.21. The van der Waals surface area contributed by atoms with Crippen LogP contribution in [0.5, 0.6) is 5.75 Å². The van der Waals surface area contributed by atoms with Crippen LogP contribution in [0.1, 0.15) is 34.3 Å². The molecule has 0 aliphatic carbocycles. The van der Waals surface area contributed by atoms with Crippen molar-refractivity contribution in [3.8, 4) is 5.75 Å². The van der Waals surface area contributed by atoms with Crippen molar-refractivity contribution in [3.63, 3.8) is 0 Å². The molecule has 1 aliphatic rings. The Morgan fingerprint density at radius 3 is 2.48 bits per heavy atom. The fraction of sp³-hybridized carbons (Fsp3) is 0.308. The van der Waals surface area contributed by atoms with E-state index in [1.165, 1.54) is 0 Å². The van der Waals surface area contributed by atoms with Crippen LogP contribution in [0.25, 0.3) is 10.8 Å². The molecule has 0 saturated carbocycles. The predicted octanol–water partition coefficient (Wildman–Crippen LogP) is 4.26. The second-order valence-corrected chi connectivity index (χ2v) is 8.14. The number of ether oxygens (including phenoxy) is 1. The molecule has 0 unspecified atom stereocenters. The lowest BCUT2D eigenvalue weighted by molar-refractivity contribution is -0.134. The fourth-order valence-corrected chi connectivity index (χ4v) is 4.07. The van der Waals surface area contributed by atoms with Gasteiger partial charge in [-0.05, 0) is 60.7 Å². The van der Waals surface area contributed by atoms with Gasteiger partial charge in [0, 0.05) is 24.7 Å². The molecule has 3 aromatic rings. The van der Waals surface area contributed by atoms with Crippen LogP contribution in [0, 0.1) is 13.8 Å². The van der Waals surface area contributed by atoms with Crippen LogP contribution in [0.15, 0.2) is 60.7 Å². The van der Waals surface area contributed by atoms with Gasteiger partial charge in [-0.3, -0.25) is 9.59 Å². The molecule has 5 nitrogen and oxygen atoms in total. The first-order valence-electron chi connectivity index (χ1n) is 10.8. The van der Waals surface area contributed by atoms with Gasteiger partial charge in [-0.2, -0.15) is 0 Å². The molecule has 5 heteroatoms. The smallest absolute Gasteiger partial charge is 0.260 e. The highest BCUT2D eigenvalue weighted by atomic mass is 16.5. The summed E-state index contributed by atoms with van der Waals surface area (Å²) in [5.41, 5.74) is 2.90. The Morgan fingerprint density at radius 1 is 0.968 bits per heavy atom. The summed E-state index contributed by atoms with van der Waals surface area (Å²) in [6.45, 7) is 5.31. The van der Waals surface area contributed by atoms with Gasteiger partial charge in [-0.25, -0.2) is 0 Å². The van der Waals surface area contributed by atoms with Gasteiger partial charge in [0.25, 0.3) is 11.8 Å². The van der Waals surface area contributed by atoms with Crippen molar-refractivity contribution >= 4 is 22.6 Å². The number of hydrogen-bond donors (Lipinski definition) is 1. The fourth-order valence-electron chi connectivity index (χ4n) is 4.07. The van der Waals surface area contributed by atoms with Crippen molar-refractivity contribution in [2.75, 3.05) is 19.7 Å². The molecule has 1 heterocycles. The molecule has 0 atom stereocenters. The highest BCUT2D eigenvalue weighted by molar-refractivity contribution is 6.07. The van der Waals surface area contributed by atoms with Crippen LogP contribution in [0.4, 0.5) is 0 Å². The number of amides is 2. The summed E-state index contributed by atoms with van der Waals surface area (Å²) >= 11 is 0. The molecule has 1 N–H and O–H groups in total. The summed E-state index contributed by atoms with van der Waals surface area (Å²) in [6.07, 6.45) is 1.48. The summed E-state index contributed by atoms with van der Waals surface area (Å²) < 4.78 is 5.76. The zero-order valence-electron chi connectivity index (χ0n) is 18.1. The van der Waals surface area contributed by atoms with E-state index in [0.717, 1.165) is 40.5 Å². The average Bonchev–Trinajstić information content (AvgIpc) is 2.80. The molecular formula is C26H28N2O3. The number of likely N-dealkylation sites (tertiary alicyclic amines) is 1. The van der Waals surface area contributed by atoms with Crippen LogP contribution >= 0.6 is 0 Å². The third-order valence-corrected chi connectivity index (χ3v) is 6.12. The molecule has 3 aromatic carbocycles. The molecule has 31 heavy (non-hydrogen) atoms. The summed E-state index contributed by atoms with van der Waals surface area (Å²) in [4.78, 5) is 27.3. The lowest BCUT2D eigenvalue weighted by Gasteiger charge is -2.32. The topological polar surface area (TPSA) is 58.6 Å². The molecule has 160 valence electrons. The molecular weight excluding hydrogens is 388 g/mol. The SMILES string of the molecule is Cc1cccc(OCC(=O)N2CCC(NC(=O)c3cccc4ccccc34)CC2)c1C. The Balaban J connectivity index is 1.30. The molecule has 4 rings (SSSR count). The van der Waals surface area contributed by atoms with Crippen molar-refractivity contribution in [2.45, 2.75) is 32.7 Å². The minimum atomic E-state index is -0.0557. The molecule has 1 fully saturated rings. The Labute approximate surface area is 183 Å². The van der Waals surface area contributed by atoms with Gasteiger partial charge in [0.15, 0.2) is 6.61 Å². The molecule has 1 saturated heterocycles. The number of aryl methyl sites for hydroxylation is 1. The number of nitrogens with zero attached hydrogens (tertiary/aromatic N) is 1. The third-order valence-electron chi connectivity index (χ3n) is 6.12. The standard InChI is InChI=1S/C26H28N2O3/c1-18-7-5-12-24(19(18)2)31-17-25(29)28-15-13-21(14-16-28)27-26(30)23-11-6-9-20-8-3-4-10-22(20)23/h3-12,21H,13-17H2,1-2H3,(H,27,30). The Morgan fingerprint density at radius 2 is 1.68 bits per heavy atom. The number of nitrogens with one attached hydrogen (secondary N) is 1. The van der Waals surface area contributed by atoms with Crippen molar-refractivity contribution in [1.82, 2.24) is 10.2 Å². The van der Waals surface area contributed by atoms with Crippen molar-refractivity contribution in [2.24, 2.45) is 0 Å². The minimum Gasteiger partial charge on any atom is -0.483 e. The van der Waals surface area contributed by atoms with Gasteiger partial charge < -0.3 is 15.0 Å². The van der Waals surface area contributed by atoms with Crippen LogP contribution in [-0.4, -0.2) is 42.5 Å². The molecule has 1 aliphatic heterocycles. The quantitative estimate of drug-likeness (QED) is 0.676. The van der Waals surface area contributed by atoms with Crippen LogP contribution < -0.4 is 10.1 Å². The van der Waals surface area contributed by atoms with Crippen molar-refractivity contribution in [1.29, 1.82) is 0 Å². The molecule has 0 bridgehead atoms. The van der Waals surface area contributed by atoms with Crippen LogP contribution in [0.3, 0.4) is 0 Å². The summed E-state index contributed by atoms with van der Waals surface area (Å²) in [5, 5.41) is 5.16. The van der Waals surface area contributed by atoms with E-state index in [1.54, 1.807) is 0 Å². The maximum Gasteiger partial charge on any atom is 0.260 e. The maximum absolute atomic E-state index is 12.8. The van der Waals surface area contributed by atoms with Crippen LogP contribution in [-0.2, 0) is 4.79 Å². The highest BCUT2D eigenvalue weighted by Gasteiger charge is 2.25. The van der Waals surface area contributed by atoms with Gasteiger partial charge in [-0.15, -0.1) is 0 Å². The lowest BCUT2D eigenvalue weighted by Crippen LogP contribution is -2.47. The monoisotopic (exact) mass is 416 g/mol. The minimum absolute atomic E-state index is 0.0141. The highest BCUT2D eigenvalue weighted by Crippen LogP contribution is 2.21. The lowest BCUT2D eigenvalue weighted by atomic mass is 10.0. The van der Waals surface area contributed by atoms with Gasteiger partial charge in [0.2, 0.25) is 0 Å². The zero-order chi connectivity index (χ0) is 21.8. The first-order valence-corrected chi connectivity index (χ1v) is 10.8. The van der Waals surface area contributed by atoms with Gasteiger partial charge in [0.1, 0.15) is 5.75 Å². The maximum atomic E-state index is 12.8. The Hall–Kier alpha value is -3.34. The van der Waals surface area contributed by atoms with E-state index < -0.39 is 0 Å². The normalized spacial score (nSPS) is 14.5. The number of carbonyl (C=O) groups excluding carboxylic acids is 2. The van der Waals surface area contributed by atoms with Gasteiger partial charge in [-0.1, -0.05) is 48.5 Å². The van der Waals surface area contributed by atoms with E-state index in [-0.39, 0.29) is 24.5 Å². The number of benzene rings is 3. The van der Waals surface area contributed by atoms with E-state index in [4.69, 9.17) is 4.74 Å². The third kappa shape index (κ3) is 4.71. The summed E-state index contributed by atoms with van der Waals surface area (Å²) in [7, 11) is 0. The first-order chi connectivity index (χ1) is 15.0. The Kier molecular flexibility index (Phi) is 6.21. The molecule has 2 amide bonds. The van der Waals surface area contributed by atoms with E-state index in [0.29, 0.717) is 18.7 Å². The van der Waals surface area contributed by atoms with E-state index in [2.05, 4.69) is 5.32 Å². The van der Waals surface area contributed by atoms with Gasteiger partial charge in [0.05, 0.1) is 0 Å². The predicted molar refractivity (Wildman–Crippen MR) is 122 cm³/mol. The summed E-state index contributed by atoms with van der Waals surface area (Å²) in [5.74, 6) is 0.685. The van der Waals surface area contributed by atoms with E-state index in [1.807, 2.05) is 79.4 Å². The molecule has 0 radical (unpaired) electrons. The zero-order valence-corrected chi connectivity index (χ0v) is 18.1. The number of rotatable bonds is 5. The number of carbonyl (C=O) groups is 2. The van der Waals surface area contributed by atoms with Crippen molar-refractivity contribution < 1.29 is 14.3 Å². The van der Waals surface area contributed by atoms with E-state index in [9.17, 15) is 9.59 Å². The number of fused-ring (bicyclic) bond motifs is 1.